The van der Waals surface area contributed by atoms with Crippen LogP contribution >= 0.6 is 22.7 Å². The van der Waals surface area contributed by atoms with Crippen molar-refractivity contribution >= 4 is 38.7 Å². The van der Waals surface area contributed by atoms with E-state index in [0.717, 1.165) is 10.4 Å². The minimum absolute atomic E-state index is 0.148. The molecule has 3 rings (SSSR count). The first-order valence-corrected chi connectivity index (χ1v) is 8.69. The zero-order valence-electron chi connectivity index (χ0n) is 12.7. The van der Waals surface area contributed by atoms with E-state index >= 15 is 0 Å². The zero-order valence-corrected chi connectivity index (χ0v) is 14.3. The maximum Gasteiger partial charge on any atom is 0.264 e. The average Bonchev–Trinajstić information content (AvgIpc) is 3.15. The van der Waals surface area contributed by atoms with Gasteiger partial charge in [-0.3, -0.25) is 4.79 Å². The van der Waals surface area contributed by atoms with E-state index in [1.165, 1.54) is 35.8 Å². The van der Waals surface area contributed by atoms with Crippen LogP contribution < -0.4 is 0 Å². The number of ether oxygens (including phenoxy) is 1. The van der Waals surface area contributed by atoms with Gasteiger partial charge in [-0.25, -0.2) is 9.37 Å². The predicted molar refractivity (Wildman–Crippen MR) is 90.4 cm³/mol. The molecule has 0 aliphatic heterocycles. The fourth-order valence-electron chi connectivity index (χ4n) is 2.43. The lowest BCUT2D eigenvalue weighted by Gasteiger charge is -2.16. The van der Waals surface area contributed by atoms with Gasteiger partial charge >= 0.3 is 0 Å². The molecule has 2 heterocycles. The molecule has 2 aromatic heterocycles. The van der Waals surface area contributed by atoms with E-state index in [1.54, 1.807) is 23.5 Å². The molecule has 0 bridgehead atoms. The molecule has 0 fully saturated rings. The van der Waals surface area contributed by atoms with Crippen LogP contribution in [0.15, 0.2) is 29.1 Å². The molecule has 0 spiro atoms. The number of carbonyl (C=O) groups is 1. The predicted octanol–water partition coefficient (Wildman–Crippen LogP) is 3.92. The highest BCUT2D eigenvalue weighted by atomic mass is 32.1. The lowest BCUT2D eigenvalue weighted by molar-refractivity contribution is 0.0784. The van der Waals surface area contributed by atoms with Crippen molar-refractivity contribution in [3.8, 4) is 0 Å². The van der Waals surface area contributed by atoms with Gasteiger partial charge in [-0.1, -0.05) is 6.07 Å². The first kappa shape index (κ1) is 16.0. The largest absolute Gasteiger partial charge is 0.380 e. The van der Waals surface area contributed by atoms with E-state index in [2.05, 4.69) is 4.98 Å². The number of thiazole rings is 1. The summed E-state index contributed by atoms with van der Waals surface area (Å²) >= 11 is 2.79. The second-order valence-corrected chi connectivity index (χ2v) is 6.87. The molecule has 3 aromatic rings. The molecular formula is C16H15FN2O2S2. The van der Waals surface area contributed by atoms with Crippen LogP contribution in [-0.4, -0.2) is 29.9 Å². The fraction of sp³-hybridized carbons (Fsp3) is 0.250. The highest BCUT2D eigenvalue weighted by Crippen LogP contribution is 2.34. The quantitative estimate of drug-likeness (QED) is 0.700. The molecule has 0 aliphatic rings. The summed E-state index contributed by atoms with van der Waals surface area (Å²) in [7, 11) is 3.26. The van der Waals surface area contributed by atoms with Gasteiger partial charge in [0.2, 0.25) is 0 Å². The fourth-order valence-corrected chi connectivity index (χ4v) is 4.19. The number of amides is 1. The van der Waals surface area contributed by atoms with Crippen molar-refractivity contribution in [1.29, 1.82) is 0 Å². The Balaban J connectivity index is 1.99. The van der Waals surface area contributed by atoms with Crippen LogP contribution in [0, 0.1) is 5.82 Å². The van der Waals surface area contributed by atoms with Crippen LogP contribution in [0.25, 0.3) is 10.1 Å². The van der Waals surface area contributed by atoms with Gasteiger partial charge < -0.3 is 9.64 Å². The maximum absolute atomic E-state index is 14.2. The second-order valence-electron chi connectivity index (χ2n) is 5.10. The summed E-state index contributed by atoms with van der Waals surface area (Å²) in [5.41, 5.74) is 3.19. The van der Waals surface area contributed by atoms with Gasteiger partial charge in [0.1, 0.15) is 5.82 Å². The molecule has 1 aromatic carbocycles. The number of hydrogen-bond donors (Lipinski definition) is 0. The SMILES string of the molecule is COCc1c(C(=O)N(C)Cc2cscn2)sc2cccc(F)c12. The van der Waals surface area contributed by atoms with Gasteiger partial charge in [0.15, 0.2) is 0 Å². The summed E-state index contributed by atoms with van der Waals surface area (Å²) in [5.74, 6) is -0.474. The number of halogens is 1. The summed E-state index contributed by atoms with van der Waals surface area (Å²) in [4.78, 5) is 19.1. The van der Waals surface area contributed by atoms with Crippen LogP contribution in [0.1, 0.15) is 20.9 Å². The Bertz CT molecular complexity index is 830. The molecule has 0 saturated heterocycles. The van der Waals surface area contributed by atoms with E-state index in [1.807, 2.05) is 11.4 Å². The lowest BCUT2D eigenvalue weighted by atomic mass is 10.1. The summed E-state index contributed by atoms with van der Waals surface area (Å²) < 4.78 is 20.1. The first-order chi connectivity index (χ1) is 11.1. The van der Waals surface area contributed by atoms with Crippen molar-refractivity contribution in [3.63, 3.8) is 0 Å². The Morgan fingerprint density at radius 2 is 2.26 bits per heavy atom. The smallest absolute Gasteiger partial charge is 0.264 e. The van der Waals surface area contributed by atoms with Crippen molar-refractivity contribution in [2.45, 2.75) is 13.2 Å². The minimum Gasteiger partial charge on any atom is -0.380 e. The van der Waals surface area contributed by atoms with Crippen LogP contribution in [0.2, 0.25) is 0 Å². The number of carbonyl (C=O) groups excluding carboxylic acids is 1. The highest BCUT2D eigenvalue weighted by molar-refractivity contribution is 7.21. The average molecular weight is 350 g/mol. The minimum atomic E-state index is -0.327. The van der Waals surface area contributed by atoms with E-state index < -0.39 is 0 Å². The van der Waals surface area contributed by atoms with Gasteiger partial charge in [0.05, 0.1) is 29.2 Å². The van der Waals surface area contributed by atoms with E-state index in [-0.39, 0.29) is 18.3 Å². The van der Waals surface area contributed by atoms with Crippen LogP contribution in [0.4, 0.5) is 4.39 Å². The number of fused-ring (bicyclic) bond motifs is 1. The number of aromatic nitrogens is 1. The highest BCUT2D eigenvalue weighted by Gasteiger charge is 2.23. The number of methoxy groups -OCH3 is 1. The van der Waals surface area contributed by atoms with Crippen molar-refractivity contribution in [2.24, 2.45) is 0 Å². The maximum atomic E-state index is 14.2. The molecule has 0 saturated carbocycles. The third-order valence-corrected chi connectivity index (χ3v) is 5.30. The molecule has 23 heavy (non-hydrogen) atoms. The third-order valence-electron chi connectivity index (χ3n) is 3.48. The third kappa shape index (κ3) is 3.12. The molecule has 0 atom stereocenters. The molecule has 7 heteroatoms. The van der Waals surface area contributed by atoms with E-state index in [4.69, 9.17) is 4.74 Å². The van der Waals surface area contributed by atoms with E-state index in [0.29, 0.717) is 22.4 Å². The molecule has 0 N–H and O–H groups in total. The Kier molecular flexibility index (Phi) is 4.70. The summed E-state index contributed by atoms with van der Waals surface area (Å²) in [6, 6.07) is 4.87. The standard InChI is InChI=1S/C16H15FN2O2S2/c1-19(6-10-8-22-9-18-10)16(20)15-11(7-21-2)14-12(17)4-3-5-13(14)23-15/h3-5,8-9H,6-7H2,1-2H3. The van der Waals surface area contributed by atoms with Crippen molar-refractivity contribution in [1.82, 2.24) is 9.88 Å². The number of benzene rings is 1. The normalized spacial score (nSPS) is 11.1. The van der Waals surface area contributed by atoms with Gasteiger partial charge in [-0.05, 0) is 12.1 Å². The van der Waals surface area contributed by atoms with Crippen LogP contribution in [-0.2, 0) is 17.9 Å². The Morgan fingerprint density at radius 3 is 2.96 bits per heavy atom. The summed E-state index contributed by atoms with van der Waals surface area (Å²) in [5, 5.41) is 2.38. The molecule has 0 radical (unpaired) electrons. The Morgan fingerprint density at radius 1 is 1.43 bits per heavy atom. The van der Waals surface area contributed by atoms with Crippen LogP contribution in [0.5, 0.6) is 0 Å². The molecule has 0 aliphatic carbocycles. The Hall–Kier alpha value is -1.83. The number of rotatable bonds is 5. The van der Waals surface area contributed by atoms with Gasteiger partial charge in [-0.2, -0.15) is 0 Å². The molecular weight excluding hydrogens is 335 g/mol. The van der Waals surface area contributed by atoms with Gasteiger partial charge in [-0.15, -0.1) is 22.7 Å². The Labute approximate surface area is 141 Å². The lowest BCUT2D eigenvalue weighted by Crippen LogP contribution is -2.26. The number of thiophene rings is 1. The van der Waals surface area contributed by atoms with E-state index in [9.17, 15) is 9.18 Å². The summed E-state index contributed by atoms with van der Waals surface area (Å²) in [6.45, 7) is 0.623. The zero-order chi connectivity index (χ0) is 16.4. The topological polar surface area (TPSA) is 42.4 Å². The van der Waals surface area contributed by atoms with Crippen molar-refractivity contribution in [3.05, 3.63) is 51.0 Å². The molecule has 1 amide bonds. The van der Waals surface area contributed by atoms with Crippen LogP contribution in [0.3, 0.4) is 0 Å². The van der Waals surface area contributed by atoms with Gasteiger partial charge in [0.25, 0.3) is 5.91 Å². The number of hydrogen-bond acceptors (Lipinski definition) is 5. The molecule has 4 nitrogen and oxygen atoms in total. The molecule has 120 valence electrons. The summed E-state index contributed by atoms with van der Waals surface area (Å²) in [6.07, 6.45) is 0. The van der Waals surface area contributed by atoms with Crippen molar-refractivity contribution in [2.75, 3.05) is 14.2 Å². The number of nitrogens with zero attached hydrogens (tertiary/aromatic N) is 2. The van der Waals surface area contributed by atoms with Crippen molar-refractivity contribution < 1.29 is 13.9 Å². The monoisotopic (exact) mass is 350 g/mol. The molecule has 0 unspecified atom stereocenters. The van der Waals surface area contributed by atoms with Gasteiger partial charge in [0, 0.05) is 35.2 Å². The second kappa shape index (κ2) is 6.74. The first-order valence-electron chi connectivity index (χ1n) is 6.93.